The Bertz CT molecular complexity index is 425. The summed E-state index contributed by atoms with van der Waals surface area (Å²) in [5.41, 5.74) is 1.52. The molecule has 1 fully saturated rings. The van der Waals surface area contributed by atoms with Crippen LogP contribution in [-0.4, -0.2) is 37.6 Å². The van der Waals surface area contributed by atoms with Gasteiger partial charge in [-0.2, -0.15) is 0 Å². The highest BCUT2D eigenvalue weighted by Crippen LogP contribution is 2.26. The van der Waals surface area contributed by atoms with E-state index in [1.54, 1.807) is 6.07 Å². The number of hydrogen-bond acceptors (Lipinski definition) is 2. The van der Waals surface area contributed by atoms with Gasteiger partial charge in [0.15, 0.2) is 0 Å². The summed E-state index contributed by atoms with van der Waals surface area (Å²) in [5.74, 6) is 0.00670. The maximum absolute atomic E-state index is 13.7. The fraction of sp³-hybridized carbons (Fsp3) is 0.600. The van der Waals surface area contributed by atoms with Gasteiger partial charge in [0.1, 0.15) is 5.82 Å². The van der Waals surface area contributed by atoms with Gasteiger partial charge in [-0.05, 0) is 38.1 Å². The molecule has 1 aromatic carbocycles. The van der Waals surface area contributed by atoms with Crippen molar-refractivity contribution >= 4 is 17.3 Å². The minimum Gasteiger partial charge on any atom is -0.373 e. The van der Waals surface area contributed by atoms with Crippen LogP contribution >= 0.6 is 11.6 Å². The first-order valence-corrected chi connectivity index (χ1v) is 7.49. The van der Waals surface area contributed by atoms with E-state index in [0.717, 1.165) is 18.8 Å². The second-order valence-electron chi connectivity index (χ2n) is 5.18. The van der Waals surface area contributed by atoms with Crippen LogP contribution in [0.5, 0.6) is 0 Å². The van der Waals surface area contributed by atoms with Crippen LogP contribution < -0.4 is 4.90 Å². The van der Waals surface area contributed by atoms with Crippen molar-refractivity contribution in [2.45, 2.75) is 31.7 Å². The lowest BCUT2D eigenvalue weighted by atomic mass is 10.1. The predicted octanol–water partition coefficient (Wildman–Crippen LogP) is 3.49. The molecule has 0 amide bonds. The molecule has 0 bridgehead atoms. The molecule has 106 valence electrons. The van der Waals surface area contributed by atoms with Gasteiger partial charge >= 0.3 is 0 Å². The number of halogens is 2. The summed E-state index contributed by atoms with van der Waals surface area (Å²) in [4.78, 5) is 4.63. The van der Waals surface area contributed by atoms with Gasteiger partial charge in [0.25, 0.3) is 0 Å². The van der Waals surface area contributed by atoms with Crippen molar-refractivity contribution in [1.29, 1.82) is 0 Å². The average Bonchev–Trinajstić information content (AvgIpc) is 2.85. The minimum absolute atomic E-state index is 0.210. The largest absolute Gasteiger partial charge is 0.373 e. The molecule has 1 unspecified atom stereocenters. The highest BCUT2D eigenvalue weighted by Gasteiger charge is 2.24. The van der Waals surface area contributed by atoms with Gasteiger partial charge in [0.2, 0.25) is 0 Å². The lowest BCUT2D eigenvalue weighted by Crippen LogP contribution is -2.39. The smallest absolute Gasteiger partial charge is 0.129 e. The van der Waals surface area contributed by atoms with Crippen LogP contribution in [0, 0.1) is 5.82 Å². The highest BCUT2D eigenvalue weighted by molar-refractivity contribution is 6.17. The molecule has 1 heterocycles. The quantitative estimate of drug-likeness (QED) is 0.764. The number of benzene rings is 1. The first-order valence-electron chi connectivity index (χ1n) is 6.96. The summed E-state index contributed by atoms with van der Waals surface area (Å²) < 4.78 is 13.7. The molecule has 4 heteroatoms. The molecule has 0 aliphatic carbocycles. The van der Waals surface area contributed by atoms with E-state index in [0.29, 0.717) is 11.6 Å². The van der Waals surface area contributed by atoms with Crippen molar-refractivity contribution in [1.82, 2.24) is 4.90 Å². The van der Waals surface area contributed by atoms with Crippen molar-refractivity contribution in [2.75, 3.05) is 31.6 Å². The molecule has 1 aliphatic rings. The Balaban J connectivity index is 2.11. The van der Waals surface area contributed by atoms with E-state index in [1.807, 2.05) is 13.1 Å². The SMILES string of the molecule is CCN1CCCC1CN(C)c1cccc(F)c1CCl. The van der Waals surface area contributed by atoms with Crippen LogP contribution in [0.2, 0.25) is 0 Å². The fourth-order valence-corrected chi connectivity index (χ4v) is 3.23. The van der Waals surface area contributed by atoms with Gasteiger partial charge in [-0.3, -0.25) is 4.90 Å². The number of nitrogens with zero attached hydrogens (tertiary/aromatic N) is 2. The van der Waals surface area contributed by atoms with Gasteiger partial charge in [-0.25, -0.2) is 4.39 Å². The van der Waals surface area contributed by atoms with Gasteiger partial charge < -0.3 is 4.90 Å². The second-order valence-corrected chi connectivity index (χ2v) is 5.44. The molecule has 0 saturated carbocycles. The third-order valence-electron chi connectivity index (χ3n) is 4.03. The normalized spacial score (nSPS) is 19.9. The number of likely N-dealkylation sites (tertiary alicyclic amines) is 1. The summed E-state index contributed by atoms with van der Waals surface area (Å²) in [6.45, 7) is 5.40. The molecule has 0 N–H and O–H groups in total. The van der Waals surface area contributed by atoms with Crippen LogP contribution in [0.3, 0.4) is 0 Å². The lowest BCUT2D eigenvalue weighted by molar-refractivity contribution is 0.270. The maximum Gasteiger partial charge on any atom is 0.129 e. The van der Waals surface area contributed by atoms with E-state index in [-0.39, 0.29) is 11.7 Å². The molecule has 0 radical (unpaired) electrons. The summed E-state index contributed by atoms with van der Waals surface area (Å²) in [6, 6.07) is 5.75. The molecule has 2 nitrogen and oxygen atoms in total. The van der Waals surface area contributed by atoms with Crippen molar-refractivity contribution in [3.05, 3.63) is 29.6 Å². The Kier molecular flexibility index (Phi) is 5.06. The highest BCUT2D eigenvalue weighted by atomic mass is 35.5. The number of hydrogen-bond donors (Lipinski definition) is 0. The van der Waals surface area contributed by atoms with E-state index in [2.05, 4.69) is 16.7 Å². The monoisotopic (exact) mass is 284 g/mol. The standard InChI is InChI=1S/C15H22ClFN2/c1-3-19-9-5-6-12(19)11-18(2)15-8-4-7-14(17)13(15)10-16/h4,7-8,12H,3,5-6,9-11H2,1-2H3. The van der Waals surface area contributed by atoms with E-state index >= 15 is 0 Å². The van der Waals surface area contributed by atoms with Crippen molar-refractivity contribution in [3.63, 3.8) is 0 Å². The molecule has 0 aromatic heterocycles. The van der Waals surface area contributed by atoms with Crippen LogP contribution in [-0.2, 0) is 5.88 Å². The lowest BCUT2D eigenvalue weighted by Gasteiger charge is -2.30. The molecular weight excluding hydrogens is 263 g/mol. The van der Waals surface area contributed by atoms with Crippen LogP contribution in [0.25, 0.3) is 0 Å². The van der Waals surface area contributed by atoms with E-state index < -0.39 is 0 Å². The van der Waals surface area contributed by atoms with Crippen molar-refractivity contribution in [3.8, 4) is 0 Å². The topological polar surface area (TPSA) is 6.48 Å². The van der Waals surface area contributed by atoms with Gasteiger partial charge in [0.05, 0.1) is 5.88 Å². The van der Waals surface area contributed by atoms with Crippen LogP contribution in [0.4, 0.5) is 10.1 Å². The van der Waals surface area contributed by atoms with Crippen LogP contribution in [0.1, 0.15) is 25.3 Å². The summed E-state index contributed by atoms with van der Waals surface area (Å²) in [6.07, 6.45) is 2.49. The fourth-order valence-electron chi connectivity index (χ4n) is 2.97. The zero-order chi connectivity index (χ0) is 13.8. The first kappa shape index (κ1) is 14.6. The number of anilines is 1. The Morgan fingerprint density at radius 2 is 2.26 bits per heavy atom. The number of rotatable bonds is 5. The average molecular weight is 285 g/mol. The molecule has 1 aliphatic heterocycles. The number of likely N-dealkylation sites (N-methyl/N-ethyl adjacent to an activating group) is 2. The third kappa shape index (κ3) is 3.21. The summed E-state index contributed by atoms with van der Waals surface area (Å²) >= 11 is 5.88. The Morgan fingerprint density at radius 3 is 2.95 bits per heavy atom. The third-order valence-corrected chi connectivity index (χ3v) is 4.30. The zero-order valence-corrected chi connectivity index (χ0v) is 12.5. The maximum atomic E-state index is 13.7. The molecule has 2 rings (SSSR count). The molecule has 0 spiro atoms. The van der Waals surface area contributed by atoms with E-state index in [9.17, 15) is 4.39 Å². The molecule has 1 saturated heterocycles. The van der Waals surface area contributed by atoms with Crippen molar-refractivity contribution in [2.24, 2.45) is 0 Å². The summed E-state index contributed by atoms with van der Waals surface area (Å²) in [7, 11) is 2.02. The molecule has 19 heavy (non-hydrogen) atoms. The molecule has 1 atom stereocenters. The zero-order valence-electron chi connectivity index (χ0n) is 11.7. The number of alkyl halides is 1. The van der Waals surface area contributed by atoms with Gasteiger partial charge in [-0.15, -0.1) is 11.6 Å². The molecular formula is C15H22ClFN2. The minimum atomic E-state index is -0.210. The van der Waals surface area contributed by atoms with Crippen LogP contribution in [0.15, 0.2) is 18.2 Å². The van der Waals surface area contributed by atoms with E-state index in [1.165, 1.54) is 25.5 Å². The predicted molar refractivity (Wildman–Crippen MR) is 79.5 cm³/mol. The first-order chi connectivity index (χ1) is 9.17. The van der Waals surface area contributed by atoms with Gasteiger partial charge in [0, 0.05) is 30.9 Å². The Morgan fingerprint density at radius 1 is 1.47 bits per heavy atom. The van der Waals surface area contributed by atoms with Crippen molar-refractivity contribution < 1.29 is 4.39 Å². The van der Waals surface area contributed by atoms with Gasteiger partial charge in [-0.1, -0.05) is 13.0 Å². The Labute approximate surface area is 120 Å². The molecule has 1 aromatic rings. The summed E-state index contributed by atoms with van der Waals surface area (Å²) in [5, 5.41) is 0. The van der Waals surface area contributed by atoms with E-state index in [4.69, 9.17) is 11.6 Å². The second kappa shape index (κ2) is 6.58. The Hall–Kier alpha value is -0.800.